The zero-order valence-corrected chi connectivity index (χ0v) is 13.1. The average molecular weight is 327 g/mol. The summed E-state index contributed by atoms with van der Waals surface area (Å²) in [6.07, 6.45) is 5.50. The van der Waals surface area contributed by atoms with Gasteiger partial charge in [-0.25, -0.2) is 14.4 Å². The van der Waals surface area contributed by atoms with Gasteiger partial charge in [0.25, 0.3) is 0 Å². The van der Waals surface area contributed by atoms with Crippen LogP contribution < -0.4 is 10.6 Å². The zero-order valence-electron chi connectivity index (χ0n) is 13.1. The number of nitrogens with zero attached hydrogens (tertiary/aromatic N) is 3. The molecule has 6 nitrogen and oxygen atoms in total. The van der Waals surface area contributed by atoms with Crippen molar-refractivity contribution in [1.82, 2.24) is 19.9 Å². The second kappa shape index (κ2) is 7.54. The van der Waals surface area contributed by atoms with Crippen molar-refractivity contribution in [1.29, 1.82) is 0 Å². The molecule has 0 aliphatic heterocycles. The lowest BCUT2D eigenvalue weighted by atomic mass is 10.2. The van der Waals surface area contributed by atoms with Gasteiger partial charge in [-0.2, -0.15) is 0 Å². The minimum Gasteiger partial charge on any atom is -0.354 e. The molecule has 24 heavy (non-hydrogen) atoms. The van der Waals surface area contributed by atoms with E-state index in [2.05, 4.69) is 20.6 Å². The van der Waals surface area contributed by atoms with Gasteiger partial charge in [0.1, 0.15) is 5.82 Å². The Bertz CT molecular complexity index is 818. The molecule has 0 saturated heterocycles. The standard InChI is InChI=1S/C17H18FN5O/c18-14-3-2-13-5-10-23(15(13)12-14)11-9-19-16(24)4-8-22-17-20-6-1-7-21-17/h1-3,5-7,10,12H,4,8-9,11H2,(H,19,24)(H,20,21,22). The molecule has 0 saturated carbocycles. The number of amides is 1. The average Bonchev–Trinajstić information content (AvgIpc) is 2.98. The predicted molar refractivity (Wildman–Crippen MR) is 90.0 cm³/mol. The normalized spacial score (nSPS) is 10.7. The van der Waals surface area contributed by atoms with Crippen molar-refractivity contribution in [2.75, 3.05) is 18.4 Å². The lowest BCUT2D eigenvalue weighted by Crippen LogP contribution is -2.28. The molecule has 2 N–H and O–H groups in total. The summed E-state index contributed by atoms with van der Waals surface area (Å²) in [5.41, 5.74) is 0.826. The molecule has 1 amide bonds. The summed E-state index contributed by atoms with van der Waals surface area (Å²) in [7, 11) is 0. The van der Waals surface area contributed by atoms with Crippen molar-refractivity contribution >= 4 is 22.8 Å². The minimum atomic E-state index is -0.263. The van der Waals surface area contributed by atoms with Crippen LogP contribution in [-0.2, 0) is 11.3 Å². The van der Waals surface area contributed by atoms with Gasteiger partial charge in [0.05, 0.1) is 5.52 Å². The number of carbonyl (C=O) groups excluding carboxylic acids is 1. The molecule has 0 spiro atoms. The molecule has 0 fully saturated rings. The molecule has 0 atom stereocenters. The second-order valence-corrected chi connectivity index (χ2v) is 5.31. The van der Waals surface area contributed by atoms with Crippen LogP contribution in [0, 0.1) is 5.82 Å². The van der Waals surface area contributed by atoms with Crippen LogP contribution in [0.1, 0.15) is 6.42 Å². The molecule has 2 aromatic heterocycles. The minimum absolute atomic E-state index is 0.0546. The quantitative estimate of drug-likeness (QED) is 0.698. The number of benzene rings is 1. The van der Waals surface area contributed by atoms with Gasteiger partial charge in [0.2, 0.25) is 11.9 Å². The molecular formula is C17H18FN5O. The number of halogens is 1. The van der Waals surface area contributed by atoms with E-state index >= 15 is 0 Å². The number of carbonyl (C=O) groups is 1. The Labute approximate surface area is 138 Å². The lowest BCUT2D eigenvalue weighted by Gasteiger charge is -2.08. The predicted octanol–water partition coefficient (Wildman–Crippen LogP) is 2.19. The van der Waals surface area contributed by atoms with Crippen LogP contribution >= 0.6 is 0 Å². The van der Waals surface area contributed by atoms with E-state index in [4.69, 9.17) is 0 Å². The van der Waals surface area contributed by atoms with E-state index in [1.807, 2.05) is 16.8 Å². The summed E-state index contributed by atoms with van der Waals surface area (Å²) in [4.78, 5) is 19.9. The summed E-state index contributed by atoms with van der Waals surface area (Å²) < 4.78 is 15.2. The fourth-order valence-corrected chi connectivity index (χ4v) is 2.43. The van der Waals surface area contributed by atoms with Crippen molar-refractivity contribution in [2.24, 2.45) is 0 Å². The van der Waals surface area contributed by atoms with E-state index in [9.17, 15) is 9.18 Å². The smallest absolute Gasteiger partial charge is 0.222 e. The van der Waals surface area contributed by atoms with Gasteiger partial charge in [0, 0.05) is 44.6 Å². The molecule has 0 unspecified atom stereocenters. The Morgan fingerprint density at radius 2 is 2.00 bits per heavy atom. The van der Waals surface area contributed by atoms with Crippen molar-refractivity contribution < 1.29 is 9.18 Å². The Hall–Kier alpha value is -2.96. The molecule has 0 aliphatic carbocycles. The van der Waals surface area contributed by atoms with E-state index in [-0.39, 0.29) is 11.7 Å². The van der Waals surface area contributed by atoms with E-state index in [0.717, 1.165) is 10.9 Å². The summed E-state index contributed by atoms with van der Waals surface area (Å²) in [5, 5.41) is 6.81. The highest BCUT2D eigenvalue weighted by atomic mass is 19.1. The van der Waals surface area contributed by atoms with Crippen LogP contribution in [-0.4, -0.2) is 33.5 Å². The first-order chi connectivity index (χ1) is 11.7. The van der Waals surface area contributed by atoms with Crippen molar-refractivity contribution in [3.05, 3.63) is 54.7 Å². The largest absolute Gasteiger partial charge is 0.354 e. The number of fused-ring (bicyclic) bond motifs is 1. The van der Waals surface area contributed by atoms with E-state index in [1.54, 1.807) is 24.5 Å². The Morgan fingerprint density at radius 3 is 2.83 bits per heavy atom. The number of hydrogen-bond donors (Lipinski definition) is 2. The highest BCUT2D eigenvalue weighted by molar-refractivity contribution is 5.80. The van der Waals surface area contributed by atoms with Crippen LogP contribution in [0.25, 0.3) is 10.9 Å². The topological polar surface area (TPSA) is 71.8 Å². The van der Waals surface area contributed by atoms with Gasteiger partial charge in [-0.1, -0.05) is 0 Å². The maximum absolute atomic E-state index is 13.3. The number of aromatic nitrogens is 3. The summed E-state index contributed by atoms with van der Waals surface area (Å²) in [5.74, 6) is 0.188. The van der Waals surface area contributed by atoms with Gasteiger partial charge >= 0.3 is 0 Å². The third-order valence-corrected chi connectivity index (χ3v) is 3.61. The first-order valence-corrected chi connectivity index (χ1v) is 7.74. The molecule has 2 heterocycles. The third-order valence-electron chi connectivity index (χ3n) is 3.61. The van der Waals surface area contributed by atoms with Crippen LogP contribution in [0.4, 0.5) is 10.3 Å². The molecule has 3 rings (SSSR count). The number of rotatable bonds is 7. The number of hydrogen-bond acceptors (Lipinski definition) is 4. The number of nitrogens with one attached hydrogen (secondary N) is 2. The third kappa shape index (κ3) is 4.07. The monoisotopic (exact) mass is 327 g/mol. The second-order valence-electron chi connectivity index (χ2n) is 5.31. The fraction of sp³-hybridized carbons (Fsp3) is 0.235. The van der Waals surface area contributed by atoms with Crippen LogP contribution in [0.15, 0.2) is 48.9 Å². The first-order valence-electron chi connectivity index (χ1n) is 7.74. The maximum Gasteiger partial charge on any atom is 0.222 e. The van der Waals surface area contributed by atoms with Gasteiger partial charge < -0.3 is 15.2 Å². The number of anilines is 1. The molecular weight excluding hydrogens is 309 g/mol. The van der Waals surface area contributed by atoms with Gasteiger partial charge in [-0.3, -0.25) is 4.79 Å². The Balaban J connectivity index is 1.42. The summed E-state index contributed by atoms with van der Waals surface area (Å²) in [6.45, 7) is 1.54. The SMILES string of the molecule is O=C(CCNc1ncccn1)NCCn1ccc2ccc(F)cc21. The van der Waals surface area contributed by atoms with Gasteiger partial charge in [-0.15, -0.1) is 0 Å². The van der Waals surface area contributed by atoms with Gasteiger partial charge in [0.15, 0.2) is 0 Å². The van der Waals surface area contributed by atoms with Crippen LogP contribution in [0.2, 0.25) is 0 Å². The Kier molecular flexibility index (Phi) is 5.00. The van der Waals surface area contributed by atoms with E-state index in [1.165, 1.54) is 12.1 Å². The zero-order chi connectivity index (χ0) is 16.8. The molecule has 0 bridgehead atoms. The maximum atomic E-state index is 13.3. The van der Waals surface area contributed by atoms with Crippen LogP contribution in [0.5, 0.6) is 0 Å². The molecule has 124 valence electrons. The van der Waals surface area contributed by atoms with Crippen molar-refractivity contribution in [2.45, 2.75) is 13.0 Å². The lowest BCUT2D eigenvalue weighted by molar-refractivity contribution is -0.120. The molecule has 1 aromatic carbocycles. The fourth-order valence-electron chi connectivity index (χ4n) is 2.43. The highest BCUT2D eigenvalue weighted by Crippen LogP contribution is 2.16. The van der Waals surface area contributed by atoms with Crippen molar-refractivity contribution in [3.8, 4) is 0 Å². The van der Waals surface area contributed by atoms with Crippen molar-refractivity contribution in [3.63, 3.8) is 0 Å². The molecule has 0 aliphatic rings. The van der Waals surface area contributed by atoms with E-state index in [0.29, 0.717) is 32.0 Å². The molecule has 7 heteroatoms. The van der Waals surface area contributed by atoms with E-state index < -0.39 is 0 Å². The van der Waals surface area contributed by atoms with Gasteiger partial charge in [-0.05, 0) is 35.7 Å². The highest BCUT2D eigenvalue weighted by Gasteiger charge is 2.04. The van der Waals surface area contributed by atoms with Crippen LogP contribution in [0.3, 0.4) is 0 Å². The molecule has 3 aromatic rings. The molecule has 0 radical (unpaired) electrons. The Morgan fingerprint density at radius 1 is 1.17 bits per heavy atom. The first kappa shape index (κ1) is 15.9. The summed E-state index contributed by atoms with van der Waals surface area (Å²) in [6, 6.07) is 8.35. The summed E-state index contributed by atoms with van der Waals surface area (Å²) >= 11 is 0.